The molecule has 0 bridgehead atoms. The van der Waals surface area contributed by atoms with E-state index in [1.807, 2.05) is 103 Å². The van der Waals surface area contributed by atoms with Crippen molar-refractivity contribution in [2.24, 2.45) is 0 Å². The number of hydrogen-bond acceptors (Lipinski definition) is 7. The van der Waals surface area contributed by atoms with Gasteiger partial charge < -0.3 is 29.3 Å². The number of carbonyl (C=O) groups is 2. The number of anilines is 2. The fourth-order valence-electron chi connectivity index (χ4n) is 9.34. The second kappa shape index (κ2) is 24.3. The molecule has 1 spiro atoms. The number of esters is 1. The molecular formula is C57H69N3O5. The van der Waals surface area contributed by atoms with E-state index < -0.39 is 11.7 Å². The molecule has 0 radical (unpaired) electrons. The zero-order valence-corrected chi connectivity index (χ0v) is 38.6. The van der Waals surface area contributed by atoms with Crippen LogP contribution in [0.3, 0.4) is 0 Å². The summed E-state index contributed by atoms with van der Waals surface area (Å²) in [5.74, 6) is 0.802. The van der Waals surface area contributed by atoms with E-state index in [2.05, 4.69) is 52.9 Å². The number of hydrogen-bond donors (Lipinski definition) is 1. The van der Waals surface area contributed by atoms with Crippen LogP contribution in [0.5, 0.6) is 11.5 Å². The van der Waals surface area contributed by atoms with E-state index in [1.54, 1.807) is 0 Å². The molecule has 5 aromatic rings. The van der Waals surface area contributed by atoms with Crippen molar-refractivity contribution in [2.75, 3.05) is 29.5 Å². The van der Waals surface area contributed by atoms with E-state index in [0.717, 1.165) is 52.0 Å². The van der Waals surface area contributed by atoms with Crippen molar-refractivity contribution in [3.63, 3.8) is 0 Å². The summed E-state index contributed by atoms with van der Waals surface area (Å²) in [7, 11) is 0. The van der Waals surface area contributed by atoms with Crippen molar-refractivity contribution in [1.29, 1.82) is 0 Å². The fraction of sp³-hybridized carbons (Fsp3) is 0.404. The number of fused-ring (bicyclic) bond motifs is 6. The number of unbranched alkanes of at least 4 members (excludes halogenated alkanes) is 15. The van der Waals surface area contributed by atoms with Crippen LogP contribution in [0.25, 0.3) is 0 Å². The summed E-state index contributed by atoms with van der Waals surface area (Å²) in [4.78, 5) is 30.7. The van der Waals surface area contributed by atoms with E-state index in [9.17, 15) is 9.59 Å². The summed E-state index contributed by atoms with van der Waals surface area (Å²) >= 11 is 0. The topological polar surface area (TPSA) is 80.3 Å². The Morgan fingerprint density at radius 2 is 1.15 bits per heavy atom. The molecular weight excluding hydrogens is 807 g/mol. The van der Waals surface area contributed by atoms with Gasteiger partial charge in [-0.25, -0.2) is 9.59 Å². The van der Waals surface area contributed by atoms with Crippen LogP contribution in [-0.4, -0.2) is 31.8 Å². The summed E-state index contributed by atoms with van der Waals surface area (Å²) in [6.07, 6.45) is 22.5. The van der Waals surface area contributed by atoms with Gasteiger partial charge in [-0.3, -0.25) is 0 Å². The van der Waals surface area contributed by atoms with Crippen LogP contribution in [0.2, 0.25) is 0 Å². The van der Waals surface area contributed by atoms with Crippen molar-refractivity contribution in [2.45, 2.75) is 128 Å². The zero-order chi connectivity index (χ0) is 45.1. The number of carbonyl (C=O) groups excluding carboxylic acids is 2. The summed E-state index contributed by atoms with van der Waals surface area (Å²) in [5, 5.41) is 2.96. The third kappa shape index (κ3) is 12.4. The smallest absolute Gasteiger partial charge is 0.407 e. The average molecular weight is 876 g/mol. The number of benzene rings is 5. The molecule has 1 atom stereocenters. The SMILES string of the molecule is C=CN(Cc1ccccc1)c1ccc2c(c1)Oc1cc(N(CCOC(=O)NCCCCCCCCCCCCCCCCCC)Cc3ccccc3)ccc1C21OC(=O)c2ccccc21. The Bertz CT molecular complexity index is 2280. The zero-order valence-electron chi connectivity index (χ0n) is 38.6. The van der Waals surface area contributed by atoms with Gasteiger partial charge in [-0.1, -0.05) is 189 Å². The molecule has 2 heterocycles. The average Bonchev–Trinajstić information content (AvgIpc) is 3.63. The maximum absolute atomic E-state index is 13.6. The first-order chi connectivity index (χ1) is 32.0. The molecule has 1 amide bonds. The molecule has 0 saturated carbocycles. The van der Waals surface area contributed by atoms with Crippen molar-refractivity contribution in [1.82, 2.24) is 5.32 Å². The van der Waals surface area contributed by atoms with E-state index in [0.29, 0.717) is 43.2 Å². The number of alkyl carbamates (subject to hydrolysis) is 1. The maximum Gasteiger partial charge on any atom is 0.407 e. The van der Waals surface area contributed by atoms with Gasteiger partial charge in [0, 0.05) is 59.8 Å². The molecule has 5 aromatic carbocycles. The number of nitrogens with zero attached hydrogens (tertiary/aromatic N) is 2. The van der Waals surface area contributed by atoms with Crippen molar-refractivity contribution in [3.8, 4) is 11.5 Å². The summed E-state index contributed by atoms with van der Waals surface area (Å²) in [6, 6.07) is 40.2. The van der Waals surface area contributed by atoms with Crippen LogP contribution in [0.15, 0.2) is 134 Å². The Labute approximate surface area is 388 Å². The van der Waals surface area contributed by atoms with E-state index in [4.69, 9.17) is 14.2 Å². The van der Waals surface area contributed by atoms with Crippen molar-refractivity contribution in [3.05, 3.63) is 167 Å². The first-order valence-electron chi connectivity index (χ1n) is 24.4. The van der Waals surface area contributed by atoms with Crippen LogP contribution < -0.4 is 19.9 Å². The minimum atomic E-state index is -1.20. The lowest BCUT2D eigenvalue weighted by atomic mass is 9.77. The highest BCUT2D eigenvalue weighted by molar-refractivity contribution is 5.97. The summed E-state index contributed by atoms with van der Waals surface area (Å²) in [5.41, 5.74) is 5.65. The number of nitrogens with one attached hydrogen (secondary N) is 1. The molecule has 2 aliphatic rings. The Hall–Kier alpha value is -6.02. The lowest BCUT2D eigenvalue weighted by Gasteiger charge is -2.38. The Morgan fingerprint density at radius 3 is 1.75 bits per heavy atom. The molecule has 8 heteroatoms. The van der Waals surface area contributed by atoms with Gasteiger partial charge in [0.05, 0.1) is 12.1 Å². The lowest BCUT2D eigenvalue weighted by Crippen LogP contribution is -2.34. The van der Waals surface area contributed by atoms with Crippen LogP contribution in [0.1, 0.15) is 148 Å². The normalized spacial score (nSPS) is 14.4. The van der Waals surface area contributed by atoms with Crippen LogP contribution in [0.4, 0.5) is 16.2 Å². The highest BCUT2D eigenvalue weighted by atomic mass is 16.6. The van der Waals surface area contributed by atoms with E-state index in [1.165, 1.54) is 89.9 Å². The molecule has 8 nitrogen and oxygen atoms in total. The Balaban J connectivity index is 0.961. The van der Waals surface area contributed by atoms with Gasteiger partial charge in [-0.2, -0.15) is 0 Å². The summed E-state index contributed by atoms with van der Waals surface area (Å²) in [6.45, 7) is 8.88. The number of ether oxygens (including phenoxy) is 3. The van der Waals surface area contributed by atoms with Gasteiger partial charge in [0.15, 0.2) is 5.60 Å². The standard InChI is InChI=1S/C57H69N3O5/c1-3-5-6-7-8-9-10-11-12-13-14-15-16-17-18-27-38-58-56(62)63-40-39-60(44-46-30-23-20-24-31-46)48-35-37-52-54(42-48)64-53-41-47(59(4-2)43-45-28-21-19-22-29-45)34-36-51(53)57(52)50-33-26-25-32-49(50)55(61)65-57/h4,19-26,28-37,41-42H,2-3,5-18,27,38-40,43-44H2,1H3,(H,58,62). The largest absolute Gasteiger partial charge is 0.456 e. The fourth-order valence-corrected chi connectivity index (χ4v) is 9.34. The third-order valence-corrected chi connectivity index (χ3v) is 12.9. The first-order valence-corrected chi connectivity index (χ1v) is 24.4. The van der Waals surface area contributed by atoms with Gasteiger partial charge >= 0.3 is 12.1 Å². The quantitative estimate of drug-likeness (QED) is 0.0416. The second-order valence-corrected chi connectivity index (χ2v) is 17.6. The molecule has 65 heavy (non-hydrogen) atoms. The van der Waals surface area contributed by atoms with Gasteiger partial charge in [-0.05, 0) is 54.1 Å². The minimum Gasteiger partial charge on any atom is -0.456 e. The monoisotopic (exact) mass is 876 g/mol. The highest BCUT2D eigenvalue weighted by Crippen LogP contribution is 2.57. The van der Waals surface area contributed by atoms with Gasteiger partial charge in [0.1, 0.15) is 18.1 Å². The molecule has 1 N–H and O–H groups in total. The van der Waals surface area contributed by atoms with Gasteiger partial charge in [-0.15, -0.1) is 0 Å². The number of amides is 1. The third-order valence-electron chi connectivity index (χ3n) is 12.9. The van der Waals surface area contributed by atoms with Crippen LogP contribution in [0, 0.1) is 0 Å². The molecule has 2 aliphatic heterocycles. The Morgan fingerprint density at radius 1 is 0.631 bits per heavy atom. The maximum atomic E-state index is 13.6. The molecule has 0 saturated heterocycles. The number of rotatable bonds is 27. The predicted molar refractivity (Wildman–Crippen MR) is 264 cm³/mol. The van der Waals surface area contributed by atoms with E-state index in [-0.39, 0.29) is 12.6 Å². The Kier molecular flexibility index (Phi) is 17.6. The molecule has 1 unspecified atom stereocenters. The van der Waals surface area contributed by atoms with Crippen LogP contribution >= 0.6 is 0 Å². The van der Waals surface area contributed by atoms with Gasteiger partial charge in [0.2, 0.25) is 0 Å². The minimum absolute atomic E-state index is 0.204. The predicted octanol–water partition coefficient (Wildman–Crippen LogP) is 14.4. The molecule has 342 valence electrons. The first kappa shape index (κ1) is 47.0. The molecule has 0 fully saturated rings. The lowest BCUT2D eigenvalue weighted by molar-refractivity contribution is 0.0224. The van der Waals surface area contributed by atoms with E-state index >= 15 is 0 Å². The molecule has 0 aliphatic carbocycles. The summed E-state index contributed by atoms with van der Waals surface area (Å²) < 4.78 is 19.1. The molecule has 7 rings (SSSR count). The highest BCUT2D eigenvalue weighted by Gasteiger charge is 2.53. The second-order valence-electron chi connectivity index (χ2n) is 17.6. The van der Waals surface area contributed by atoms with Crippen molar-refractivity contribution >= 4 is 23.4 Å². The van der Waals surface area contributed by atoms with Crippen LogP contribution in [-0.2, 0) is 28.2 Å². The molecule has 0 aromatic heterocycles. The van der Waals surface area contributed by atoms with Crippen molar-refractivity contribution < 1.29 is 23.8 Å². The van der Waals surface area contributed by atoms with Gasteiger partial charge in [0.25, 0.3) is 0 Å².